The van der Waals surface area contributed by atoms with E-state index in [2.05, 4.69) is 5.92 Å². The van der Waals surface area contributed by atoms with Gasteiger partial charge in [-0.25, -0.2) is 0 Å². The van der Waals surface area contributed by atoms with Crippen LogP contribution >= 0.6 is 0 Å². The molecule has 4 heteroatoms. The first kappa shape index (κ1) is 12.1. The third kappa shape index (κ3) is 2.03. The molecule has 0 spiro atoms. The van der Waals surface area contributed by atoms with Gasteiger partial charge in [0.15, 0.2) is 0 Å². The molecule has 1 aromatic carbocycles. The Morgan fingerprint density at radius 3 is 2.89 bits per heavy atom. The average Bonchev–Trinajstić information content (AvgIpc) is 2.38. The molecule has 1 heterocycles. The molecule has 4 nitrogen and oxygen atoms in total. The molecule has 0 atom stereocenters. The second-order valence-corrected chi connectivity index (χ2v) is 3.67. The van der Waals surface area contributed by atoms with Crippen molar-refractivity contribution in [1.82, 2.24) is 0 Å². The smallest absolute Gasteiger partial charge is 0.235 e. The Bertz CT molecular complexity index is 676. The van der Waals surface area contributed by atoms with E-state index in [1.54, 1.807) is 25.1 Å². The summed E-state index contributed by atoms with van der Waals surface area (Å²) in [6.45, 7) is 1.69. The van der Waals surface area contributed by atoms with Gasteiger partial charge in [0.05, 0.1) is 12.5 Å². The molecule has 2 aromatic rings. The summed E-state index contributed by atoms with van der Waals surface area (Å²) in [5.74, 6) is 3.46. The summed E-state index contributed by atoms with van der Waals surface area (Å²) < 4.78 is 15.8. The second kappa shape index (κ2) is 4.84. The van der Waals surface area contributed by atoms with Crippen LogP contribution in [0.1, 0.15) is 5.76 Å². The van der Waals surface area contributed by atoms with Crippen molar-refractivity contribution >= 4 is 11.0 Å². The van der Waals surface area contributed by atoms with Crippen molar-refractivity contribution < 1.29 is 13.9 Å². The molecule has 0 saturated heterocycles. The van der Waals surface area contributed by atoms with E-state index in [4.69, 9.17) is 20.3 Å². The zero-order chi connectivity index (χ0) is 13.1. The van der Waals surface area contributed by atoms with Gasteiger partial charge in [0, 0.05) is 0 Å². The second-order valence-electron chi connectivity index (χ2n) is 3.67. The number of methoxy groups -OCH3 is 1. The lowest BCUT2D eigenvalue weighted by Crippen LogP contribution is -2.10. The molecule has 0 aliphatic carbocycles. The number of aryl methyl sites for hydroxylation is 1. The summed E-state index contributed by atoms with van der Waals surface area (Å²) in [5, 5.41) is 0.409. The Labute approximate surface area is 104 Å². The van der Waals surface area contributed by atoms with Crippen molar-refractivity contribution in [2.75, 3.05) is 13.7 Å². The van der Waals surface area contributed by atoms with Gasteiger partial charge in [-0.15, -0.1) is 6.42 Å². The lowest BCUT2D eigenvalue weighted by atomic mass is 10.2. The SMILES string of the molecule is C#CCOc1c(C)oc2ccc(OC)cc2c1=O. The van der Waals surface area contributed by atoms with Gasteiger partial charge in [0.25, 0.3) is 0 Å². The highest BCUT2D eigenvalue weighted by atomic mass is 16.5. The van der Waals surface area contributed by atoms with Crippen LogP contribution in [0.15, 0.2) is 27.4 Å². The fourth-order valence-electron chi connectivity index (χ4n) is 1.68. The first-order valence-corrected chi connectivity index (χ1v) is 5.35. The Balaban J connectivity index is 2.67. The van der Waals surface area contributed by atoms with Crippen molar-refractivity contribution in [2.45, 2.75) is 6.92 Å². The van der Waals surface area contributed by atoms with Crippen LogP contribution in [-0.4, -0.2) is 13.7 Å². The van der Waals surface area contributed by atoms with E-state index in [9.17, 15) is 4.79 Å². The fraction of sp³-hybridized carbons (Fsp3) is 0.214. The minimum Gasteiger partial charge on any atom is -0.497 e. The Hall–Kier alpha value is -2.41. The summed E-state index contributed by atoms with van der Waals surface area (Å²) >= 11 is 0. The maximum absolute atomic E-state index is 12.2. The van der Waals surface area contributed by atoms with E-state index in [1.165, 1.54) is 7.11 Å². The maximum Gasteiger partial charge on any atom is 0.235 e. The normalized spacial score (nSPS) is 10.1. The predicted molar refractivity (Wildman–Crippen MR) is 68.1 cm³/mol. The fourth-order valence-corrected chi connectivity index (χ4v) is 1.68. The van der Waals surface area contributed by atoms with Crippen LogP contribution in [0.2, 0.25) is 0 Å². The minimum atomic E-state index is -0.247. The van der Waals surface area contributed by atoms with Crippen LogP contribution in [0.4, 0.5) is 0 Å². The van der Waals surface area contributed by atoms with Crippen molar-refractivity contribution in [2.24, 2.45) is 0 Å². The molecule has 1 aromatic heterocycles. The number of benzene rings is 1. The zero-order valence-corrected chi connectivity index (χ0v) is 10.1. The summed E-state index contributed by atoms with van der Waals surface area (Å²) in [4.78, 5) is 12.2. The molecule has 0 fully saturated rings. The van der Waals surface area contributed by atoms with E-state index in [0.717, 1.165) is 0 Å². The molecule has 0 saturated carbocycles. The van der Waals surface area contributed by atoms with Gasteiger partial charge >= 0.3 is 0 Å². The number of fused-ring (bicyclic) bond motifs is 1. The number of hydrogen-bond donors (Lipinski definition) is 0. The van der Waals surface area contributed by atoms with Gasteiger partial charge in [-0.1, -0.05) is 5.92 Å². The molecule has 0 bridgehead atoms. The lowest BCUT2D eigenvalue weighted by Gasteiger charge is -2.07. The summed E-state index contributed by atoms with van der Waals surface area (Å²) in [6, 6.07) is 5.03. The molecule has 0 N–H and O–H groups in total. The summed E-state index contributed by atoms with van der Waals surface area (Å²) in [5.41, 5.74) is 0.245. The van der Waals surface area contributed by atoms with Crippen molar-refractivity contribution in [3.63, 3.8) is 0 Å². The van der Waals surface area contributed by atoms with Gasteiger partial charge in [0.1, 0.15) is 23.7 Å². The highest BCUT2D eigenvalue weighted by Gasteiger charge is 2.13. The third-order valence-electron chi connectivity index (χ3n) is 2.52. The van der Waals surface area contributed by atoms with Crippen molar-refractivity contribution in [3.8, 4) is 23.8 Å². The van der Waals surface area contributed by atoms with Crippen molar-refractivity contribution in [1.29, 1.82) is 0 Å². The van der Waals surface area contributed by atoms with E-state index >= 15 is 0 Å². The van der Waals surface area contributed by atoms with Gasteiger partial charge in [0.2, 0.25) is 11.2 Å². The molecule has 0 aliphatic rings. The molecule has 2 rings (SSSR count). The standard InChI is InChI=1S/C14H12O4/c1-4-7-17-14-9(2)18-12-6-5-10(16-3)8-11(12)13(14)15/h1,5-6,8H,7H2,2-3H3. The molecule has 0 aliphatic heterocycles. The van der Waals surface area contributed by atoms with Crippen LogP contribution in [-0.2, 0) is 0 Å². The number of ether oxygens (including phenoxy) is 2. The van der Waals surface area contributed by atoms with E-state index < -0.39 is 0 Å². The average molecular weight is 244 g/mol. The van der Waals surface area contributed by atoms with Crippen LogP contribution in [0, 0.1) is 19.3 Å². The highest BCUT2D eigenvalue weighted by Crippen LogP contribution is 2.23. The molecule has 18 heavy (non-hydrogen) atoms. The highest BCUT2D eigenvalue weighted by molar-refractivity contribution is 5.79. The first-order valence-electron chi connectivity index (χ1n) is 5.35. The summed E-state index contributed by atoms with van der Waals surface area (Å²) in [6.07, 6.45) is 5.11. The number of rotatable bonds is 3. The Morgan fingerprint density at radius 2 is 2.22 bits per heavy atom. The van der Waals surface area contributed by atoms with Crippen LogP contribution in [0.3, 0.4) is 0 Å². The van der Waals surface area contributed by atoms with Gasteiger partial charge in [-0.3, -0.25) is 4.79 Å². The van der Waals surface area contributed by atoms with Gasteiger partial charge in [-0.05, 0) is 25.1 Å². The number of hydrogen-bond acceptors (Lipinski definition) is 4. The Kier molecular flexibility index (Phi) is 3.24. The van der Waals surface area contributed by atoms with E-state index in [0.29, 0.717) is 22.5 Å². The van der Waals surface area contributed by atoms with Crippen LogP contribution in [0.5, 0.6) is 11.5 Å². The van der Waals surface area contributed by atoms with E-state index in [1.807, 2.05) is 0 Å². The first-order chi connectivity index (χ1) is 8.67. The molecule has 0 radical (unpaired) electrons. The molecular formula is C14H12O4. The molecule has 92 valence electrons. The monoisotopic (exact) mass is 244 g/mol. The number of terminal acetylenes is 1. The quantitative estimate of drug-likeness (QED) is 0.776. The van der Waals surface area contributed by atoms with Crippen LogP contribution < -0.4 is 14.9 Å². The lowest BCUT2D eigenvalue weighted by molar-refractivity contribution is 0.347. The molecule has 0 amide bonds. The largest absolute Gasteiger partial charge is 0.497 e. The van der Waals surface area contributed by atoms with Crippen molar-refractivity contribution in [3.05, 3.63) is 34.2 Å². The predicted octanol–water partition coefficient (Wildman–Crippen LogP) is 2.12. The summed E-state index contributed by atoms with van der Waals surface area (Å²) in [7, 11) is 1.53. The van der Waals surface area contributed by atoms with Crippen LogP contribution in [0.25, 0.3) is 11.0 Å². The zero-order valence-electron chi connectivity index (χ0n) is 10.1. The van der Waals surface area contributed by atoms with Gasteiger partial charge < -0.3 is 13.9 Å². The maximum atomic E-state index is 12.2. The van der Waals surface area contributed by atoms with Gasteiger partial charge in [-0.2, -0.15) is 0 Å². The van der Waals surface area contributed by atoms with E-state index in [-0.39, 0.29) is 17.8 Å². The molecule has 0 unspecified atom stereocenters. The topological polar surface area (TPSA) is 48.7 Å². The Morgan fingerprint density at radius 1 is 1.44 bits per heavy atom. The molecular weight excluding hydrogens is 232 g/mol. The third-order valence-corrected chi connectivity index (χ3v) is 2.52. The minimum absolute atomic E-state index is 0.0288.